The molecule has 0 aliphatic rings. The van der Waals surface area contributed by atoms with Crippen molar-refractivity contribution in [3.8, 4) is 34.3 Å². The topological polar surface area (TPSA) is 100 Å². The van der Waals surface area contributed by atoms with Crippen molar-refractivity contribution in [3.63, 3.8) is 0 Å². The maximum atomic E-state index is 9.74. The first-order valence-electron chi connectivity index (χ1n) is 7.70. The number of imidazole rings is 1. The number of rotatable bonds is 2. The predicted octanol–water partition coefficient (Wildman–Crippen LogP) is 3.88. The molecular weight excluding hydrogens is 350 g/mol. The van der Waals surface area contributed by atoms with Crippen molar-refractivity contribution in [2.24, 2.45) is 0 Å². The molecule has 0 saturated carbocycles. The largest absolute Gasteiger partial charge is 0.506 e. The van der Waals surface area contributed by atoms with Gasteiger partial charge >= 0.3 is 0 Å². The van der Waals surface area contributed by atoms with E-state index in [1.165, 1.54) is 6.07 Å². The number of hydrogen-bond acceptors (Lipinski definition) is 5. The van der Waals surface area contributed by atoms with Crippen molar-refractivity contribution in [1.29, 1.82) is 5.26 Å². The lowest BCUT2D eigenvalue weighted by Crippen LogP contribution is -2.03. The first-order valence-corrected chi connectivity index (χ1v) is 8.08. The summed E-state index contributed by atoms with van der Waals surface area (Å²) in [6.45, 7) is 0. The number of halogens is 1. The second-order valence-electron chi connectivity index (χ2n) is 5.67. The summed E-state index contributed by atoms with van der Waals surface area (Å²) in [5.74, 6) is 0.273. The Morgan fingerprint density at radius 1 is 1.15 bits per heavy atom. The quantitative estimate of drug-likeness (QED) is 0.564. The zero-order chi connectivity index (χ0) is 18.3. The second kappa shape index (κ2) is 6.06. The van der Waals surface area contributed by atoms with Crippen molar-refractivity contribution in [3.05, 3.63) is 65.4 Å². The summed E-state index contributed by atoms with van der Waals surface area (Å²) in [7, 11) is 0. The van der Waals surface area contributed by atoms with E-state index in [1.54, 1.807) is 42.7 Å². The maximum Gasteiger partial charge on any atom is 0.180 e. The SMILES string of the molecule is N#Cc1cccc(-c2nc(N)c3nccn3c2-c2ccc(O)c(Cl)c2)c1. The van der Waals surface area contributed by atoms with Crippen LogP contribution in [0.5, 0.6) is 5.75 Å². The van der Waals surface area contributed by atoms with E-state index in [1.807, 2.05) is 10.5 Å². The highest BCUT2D eigenvalue weighted by atomic mass is 35.5. The number of nitrogens with zero attached hydrogens (tertiary/aromatic N) is 4. The summed E-state index contributed by atoms with van der Waals surface area (Å²) in [5.41, 5.74) is 9.90. The first kappa shape index (κ1) is 15.9. The molecule has 3 N–H and O–H groups in total. The number of nitrogens with two attached hydrogens (primary N) is 1. The molecule has 26 heavy (non-hydrogen) atoms. The van der Waals surface area contributed by atoms with E-state index >= 15 is 0 Å². The van der Waals surface area contributed by atoms with Gasteiger partial charge in [-0.25, -0.2) is 9.97 Å². The summed E-state index contributed by atoms with van der Waals surface area (Å²) < 4.78 is 1.82. The molecule has 126 valence electrons. The van der Waals surface area contributed by atoms with Gasteiger partial charge in [0.1, 0.15) is 5.75 Å². The van der Waals surface area contributed by atoms with Crippen molar-refractivity contribution in [2.75, 3.05) is 5.73 Å². The van der Waals surface area contributed by atoms with Crippen LogP contribution < -0.4 is 5.73 Å². The molecule has 0 aliphatic carbocycles. The molecule has 2 aromatic carbocycles. The monoisotopic (exact) mass is 361 g/mol. The molecule has 2 aromatic heterocycles. The number of phenols is 1. The minimum absolute atomic E-state index is 0.00581. The van der Waals surface area contributed by atoms with E-state index in [4.69, 9.17) is 17.3 Å². The molecule has 6 nitrogen and oxygen atoms in total. The van der Waals surface area contributed by atoms with Gasteiger partial charge < -0.3 is 10.8 Å². The highest BCUT2D eigenvalue weighted by molar-refractivity contribution is 6.32. The lowest BCUT2D eigenvalue weighted by Gasteiger charge is -2.14. The fourth-order valence-corrected chi connectivity index (χ4v) is 3.06. The molecule has 0 unspecified atom stereocenters. The Labute approximate surface area is 153 Å². The molecule has 0 amide bonds. The van der Waals surface area contributed by atoms with Crippen LogP contribution in [0.4, 0.5) is 5.82 Å². The zero-order valence-corrected chi connectivity index (χ0v) is 14.1. The number of aromatic nitrogens is 3. The summed E-state index contributed by atoms with van der Waals surface area (Å²) in [6, 6.07) is 14.2. The summed E-state index contributed by atoms with van der Waals surface area (Å²) in [6.07, 6.45) is 3.41. The number of nitrogen functional groups attached to an aromatic ring is 1. The van der Waals surface area contributed by atoms with Gasteiger partial charge in [0.2, 0.25) is 0 Å². The molecule has 4 aromatic rings. The van der Waals surface area contributed by atoms with E-state index in [-0.39, 0.29) is 16.6 Å². The van der Waals surface area contributed by atoms with Gasteiger partial charge in [-0.1, -0.05) is 23.7 Å². The Bertz CT molecular complexity index is 1190. The van der Waals surface area contributed by atoms with Crippen LogP contribution in [0.25, 0.3) is 28.2 Å². The van der Waals surface area contributed by atoms with Gasteiger partial charge in [0.25, 0.3) is 0 Å². The summed E-state index contributed by atoms with van der Waals surface area (Å²) in [4.78, 5) is 8.78. The number of benzene rings is 2. The standard InChI is InChI=1S/C19H12ClN5O/c20-14-9-13(4-5-15(14)26)17-16(12-3-1-2-11(8-12)10-21)24-18(22)19-23-6-7-25(17)19/h1-9,26H,(H2,22,24). The van der Waals surface area contributed by atoms with Crippen molar-refractivity contribution < 1.29 is 5.11 Å². The van der Waals surface area contributed by atoms with Crippen LogP contribution in [-0.4, -0.2) is 19.5 Å². The number of hydrogen-bond donors (Lipinski definition) is 2. The van der Waals surface area contributed by atoms with Crippen LogP contribution in [-0.2, 0) is 0 Å². The van der Waals surface area contributed by atoms with Crippen LogP contribution >= 0.6 is 11.6 Å². The first-order chi connectivity index (χ1) is 12.6. The molecule has 2 heterocycles. The van der Waals surface area contributed by atoms with Crippen molar-refractivity contribution >= 4 is 23.1 Å². The maximum absolute atomic E-state index is 9.74. The minimum atomic E-state index is -0.00581. The molecule has 0 atom stereocenters. The fraction of sp³-hybridized carbons (Fsp3) is 0. The molecule has 0 fully saturated rings. The van der Waals surface area contributed by atoms with E-state index < -0.39 is 0 Å². The number of nitriles is 1. The van der Waals surface area contributed by atoms with Gasteiger partial charge in [-0.2, -0.15) is 5.26 Å². The molecule has 0 aliphatic heterocycles. The van der Waals surface area contributed by atoms with Gasteiger partial charge in [-0.3, -0.25) is 4.40 Å². The Morgan fingerprint density at radius 2 is 2.00 bits per heavy atom. The van der Waals surface area contributed by atoms with Crippen LogP contribution in [0.2, 0.25) is 5.02 Å². The predicted molar refractivity (Wildman–Crippen MR) is 99.7 cm³/mol. The number of anilines is 1. The Hall–Kier alpha value is -3.56. The highest BCUT2D eigenvalue weighted by Gasteiger charge is 2.18. The number of fused-ring (bicyclic) bond motifs is 1. The van der Waals surface area contributed by atoms with Crippen molar-refractivity contribution in [2.45, 2.75) is 0 Å². The molecular formula is C19H12ClN5O. The summed E-state index contributed by atoms with van der Waals surface area (Å²) in [5, 5.41) is 19.2. The van der Waals surface area contributed by atoms with Gasteiger partial charge in [0, 0.05) is 23.5 Å². The molecule has 4 rings (SSSR count). The third kappa shape index (κ3) is 2.51. The van der Waals surface area contributed by atoms with Gasteiger partial charge in [0.05, 0.1) is 28.0 Å². The lowest BCUT2D eigenvalue weighted by molar-refractivity contribution is 0.475. The third-order valence-electron chi connectivity index (χ3n) is 4.05. The average molecular weight is 362 g/mol. The minimum Gasteiger partial charge on any atom is -0.506 e. The zero-order valence-electron chi connectivity index (χ0n) is 13.4. The Kier molecular flexibility index (Phi) is 3.72. The Balaban J connectivity index is 2.09. The van der Waals surface area contributed by atoms with Gasteiger partial charge in [0.15, 0.2) is 11.5 Å². The molecule has 0 spiro atoms. The fourth-order valence-electron chi connectivity index (χ4n) is 2.88. The van der Waals surface area contributed by atoms with Crippen molar-refractivity contribution in [1.82, 2.24) is 14.4 Å². The highest BCUT2D eigenvalue weighted by Crippen LogP contribution is 2.36. The molecule has 7 heteroatoms. The average Bonchev–Trinajstić information content (AvgIpc) is 3.14. The lowest BCUT2D eigenvalue weighted by atomic mass is 10.0. The van der Waals surface area contributed by atoms with E-state index in [0.717, 1.165) is 11.1 Å². The smallest absolute Gasteiger partial charge is 0.180 e. The van der Waals surface area contributed by atoms with Crippen LogP contribution in [0.1, 0.15) is 5.56 Å². The van der Waals surface area contributed by atoms with E-state index in [2.05, 4.69) is 16.0 Å². The van der Waals surface area contributed by atoms with Crippen LogP contribution in [0.15, 0.2) is 54.9 Å². The van der Waals surface area contributed by atoms with Crippen LogP contribution in [0, 0.1) is 11.3 Å². The number of phenolic OH excluding ortho intramolecular Hbond substituents is 1. The Morgan fingerprint density at radius 3 is 2.77 bits per heavy atom. The molecule has 0 saturated heterocycles. The van der Waals surface area contributed by atoms with E-state index in [9.17, 15) is 10.4 Å². The second-order valence-corrected chi connectivity index (χ2v) is 6.08. The molecule has 0 bridgehead atoms. The summed E-state index contributed by atoms with van der Waals surface area (Å²) >= 11 is 6.10. The third-order valence-corrected chi connectivity index (χ3v) is 4.36. The van der Waals surface area contributed by atoms with Crippen LogP contribution in [0.3, 0.4) is 0 Å². The normalized spacial score (nSPS) is 10.8. The van der Waals surface area contributed by atoms with Gasteiger partial charge in [-0.15, -0.1) is 0 Å². The number of aromatic hydroxyl groups is 1. The van der Waals surface area contributed by atoms with E-state index in [0.29, 0.717) is 22.6 Å². The van der Waals surface area contributed by atoms with Gasteiger partial charge in [-0.05, 0) is 30.3 Å². The molecule has 0 radical (unpaired) electrons.